The zero-order valence-electron chi connectivity index (χ0n) is 10.9. The van der Waals surface area contributed by atoms with Crippen molar-refractivity contribution >= 4 is 11.6 Å². The van der Waals surface area contributed by atoms with Crippen molar-refractivity contribution in [3.05, 3.63) is 29.6 Å². The van der Waals surface area contributed by atoms with Crippen LogP contribution >= 0.6 is 0 Å². The van der Waals surface area contributed by atoms with E-state index in [-0.39, 0.29) is 11.6 Å². The normalized spacial score (nSPS) is 19.5. The van der Waals surface area contributed by atoms with Gasteiger partial charge in [-0.15, -0.1) is 0 Å². The van der Waals surface area contributed by atoms with Crippen LogP contribution in [0, 0.1) is 5.82 Å². The Balaban J connectivity index is 2.38. The molecule has 2 rings (SSSR count). The lowest BCUT2D eigenvalue weighted by atomic mass is 9.97. The first-order chi connectivity index (χ1) is 9.15. The molecule has 4 nitrogen and oxygen atoms in total. The Labute approximate surface area is 112 Å². The van der Waals surface area contributed by atoms with Crippen LogP contribution in [0.5, 0.6) is 0 Å². The van der Waals surface area contributed by atoms with Gasteiger partial charge in [0.2, 0.25) is 0 Å². The van der Waals surface area contributed by atoms with Crippen molar-refractivity contribution in [1.29, 1.82) is 0 Å². The summed E-state index contributed by atoms with van der Waals surface area (Å²) in [7, 11) is 0. The fourth-order valence-electron chi connectivity index (χ4n) is 2.81. The van der Waals surface area contributed by atoms with E-state index in [0.29, 0.717) is 12.2 Å². The van der Waals surface area contributed by atoms with Gasteiger partial charge >= 0.3 is 0 Å². The third-order valence-corrected chi connectivity index (χ3v) is 3.67. The van der Waals surface area contributed by atoms with Crippen LogP contribution in [0.3, 0.4) is 0 Å². The highest BCUT2D eigenvalue weighted by Crippen LogP contribution is 2.30. The molecule has 1 amide bonds. The van der Waals surface area contributed by atoms with Gasteiger partial charge in [0, 0.05) is 12.6 Å². The smallest absolute Gasteiger partial charge is 0.253 e. The number of halogens is 1. The first-order valence-corrected chi connectivity index (χ1v) is 6.70. The fourth-order valence-corrected chi connectivity index (χ4v) is 2.81. The summed E-state index contributed by atoms with van der Waals surface area (Å²) >= 11 is 0. The number of hydrogen-bond acceptors (Lipinski definition) is 3. The van der Waals surface area contributed by atoms with Gasteiger partial charge in [0.1, 0.15) is 5.82 Å². The van der Waals surface area contributed by atoms with E-state index in [1.165, 1.54) is 6.07 Å². The molecule has 0 saturated carbocycles. The molecule has 1 fully saturated rings. The molecule has 0 aromatic heterocycles. The van der Waals surface area contributed by atoms with Crippen molar-refractivity contribution in [2.24, 2.45) is 11.5 Å². The number of anilines is 1. The molecule has 19 heavy (non-hydrogen) atoms. The molecule has 104 valence electrons. The Hall–Kier alpha value is -1.62. The largest absolute Gasteiger partial charge is 0.368 e. The van der Waals surface area contributed by atoms with E-state index in [9.17, 15) is 9.18 Å². The SMILES string of the molecule is NCCC1CCCCN1c1cccc(F)c1C(N)=O. The second kappa shape index (κ2) is 6.02. The van der Waals surface area contributed by atoms with Crippen LogP contribution in [-0.4, -0.2) is 25.0 Å². The Morgan fingerprint density at radius 1 is 1.42 bits per heavy atom. The molecule has 1 saturated heterocycles. The molecule has 1 aliphatic heterocycles. The minimum absolute atomic E-state index is 0.00794. The van der Waals surface area contributed by atoms with Crippen LogP contribution in [0.2, 0.25) is 0 Å². The van der Waals surface area contributed by atoms with Crippen LogP contribution in [0.4, 0.5) is 10.1 Å². The Bertz CT molecular complexity index is 462. The zero-order chi connectivity index (χ0) is 13.8. The number of hydrogen-bond donors (Lipinski definition) is 2. The lowest BCUT2D eigenvalue weighted by Gasteiger charge is -2.38. The van der Waals surface area contributed by atoms with Crippen molar-refractivity contribution in [3.63, 3.8) is 0 Å². The molecule has 1 aliphatic rings. The molecule has 0 spiro atoms. The summed E-state index contributed by atoms with van der Waals surface area (Å²) in [6, 6.07) is 4.91. The summed E-state index contributed by atoms with van der Waals surface area (Å²) in [4.78, 5) is 13.6. The minimum Gasteiger partial charge on any atom is -0.368 e. The molecule has 0 aliphatic carbocycles. The average molecular weight is 265 g/mol. The first-order valence-electron chi connectivity index (χ1n) is 6.70. The molecule has 0 radical (unpaired) electrons. The van der Waals surface area contributed by atoms with Gasteiger partial charge in [-0.2, -0.15) is 0 Å². The summed E-state index contributed by atoms with van der Waals surface area (Å²) in [6.07, 6.45) is 4.04. The lowest BCUT2D eigenvalue weighted by Crippen LogP contribution is -2.42. The van der Waals surface area contributed by atoms with Crippen LogP contribution in [0.25, 0.3) is 0 Å². The second-order valence-electron chi connectivity index (χ2n) is 4.92. The van der Waals surface area contributed by atoms with Crippen LogP contribution < -0.4 is 16.4 Å². The van der Waals surface area contributed by atoms with Crippen LogP contribution in [0.1, 0.15) is 36.0 Å². The van der Waals surface area contributed by atoms with Crippen molar-refractivity contribution in [1.82, 2.24) is 0 Å². The topological polar surface area (TPSA) is 72.3 Å². The molecule has 1 aromatic rings. The summed E-state index contributed by atoms with van der Waals surface area (Å²) in [5.74, 6) is -1.27. The van der Waals surface area contributed by atoms with E-state index in [0.717, 1.165) is 32.2 Å². The Morgan fingerprint density at radius 2 is 2.21 bits per heavy atom. The highest BCUT2D eigenvalue weighted by molar-refractivity contribution is 5.99. The number of rotatable bonds is 4. The molecular weight excluding hydrogens is 245 g/mol. The number of benzene rings is 1. The quantitative estimate of drug-likeness (QED) is 0.869. The lowest BCUT2D eigenvalue weighted by molar-refractivity contribution is 0.0997. The molecule has 5 heteroatoms. The predicted octanol–water partition coefficient (Wildman–Crippen LogP) is 1.63. The van der Waals surface area contributed by atoms with E-state index < -0.39 is 11.7 Å². The van der Waals surface area contributed by atoms with Gasteiger partial charge in [0.15, 0.2) is 0 Å². The third-order valence-electron chi connectivity index (χ3n) is 3.67. The summed E-state index contributed by atoms with van der Waals surface area (Å²) in [5.41, 5.74) is 11.5. The number of piperidine rings is 1. The minimum atomic E-state index is -0.717. The number of carbonyl (C=O) groups excluding carboxylic acids is 1. The van der Waals surface area contributed by atoms with Gasteiger partial charge in [0.25, 0.3) is 5.91 Å². The van der Waals surface area contributed by atoms with Gasteiger partial charge in [-0.25, -0.2) is 4.39 Å². The van der Waals surface area contributed by atoms with Crippen LogP contribution in [-0.2, 0) is 0 Å². The molecular formula is C14H20FN3O. The number of carbonyl (C=O) groups is 1. The van der Waals surface area contributed by atoms with Crippen molar-refractivity contribution in [2.45, 2.75) is 31.7 Å². The highest BCUT2D eigenvalue weighted by atomic mass is 19.1. The maximum absolute atomic E-state index is 13.8. The molecule has 1 unspecified atom stereocenters. The molecule has 1 heterocycles. The van der Waals surface area contributed by atoms with Gasteiger partial charge in [0.05, 0.1) is 11.3 Å². The van der Waals surface area contributed by atoms with Crippen molar-refractivity contribution in [3.8, 4) is 0 Å². The number of nitrogens with two attached hydrogens (primary N) is 2. The second-order valence-corrected chi connectivity index (χ2v) is 4.92. The van der Waals surface area contributed by atoms with E-state index in [1.807, 2.05) is 0 Å². The third kappa shape index (κ3) is 2.87. The van der Waals surface area contributed by atoms with E-state index >= 15 is 0 Å². The van der Waals surface area contributed by atoms with Gasteiger partial charge in [-0.1, -0.05) is 6.07 Å². The summed E-state index contributed by atoms with van der Waals surface area (Å²) in [6.45, 7) is 1.40. The standard InChI is InChI=1S/C14H20FN3O/c15-11-5-3-6-12(13(11)14(17)19)18-9-2-1-4-10(18)7-8-16/h3,5-6,10H,1-2,4,7-9,16H2,(H2,17,19). The van der Waals surface area contributed by atoms with E-state index in [2.05, 4.69) is 4.90 Å². The summed E-state index contributed by atoms with van der Waals surface area (Å²) in [5, 5.41) is 0. The number of nitrogens with zero attached hydrogens (tertiary/aromatic N) is 1. The van der Waals surface area contributed by atoms with Gasteiger partial charge in [-0.05, 0) is 44.4 Å². The van der Waals surface area contributed by atoms with E-state index in [4.69, 9.17) is 11.5 Å². The van der Waals surface area contributed by atoms with Gasteiger partial charge in [-0.3, -0.25) is 4.79 Å². The molecule has 0 bridgehead atoms. The van der Waals surface area contributed by atoms with Crippen molar-refractivity contribution in [2.75, 3.05) is 18.0 Å². The van der Waals surface area contributed by atoms with Gasteiger partial charge < -0.3 is 16.4 Å². The maximum Gasteiger partial charge on any atom is 0.253 e. The Morgan fingerprint density at radius 3 is 2.89 bits per heavy atom. The molecule has 1 atom stereocenters. The summed E-state index contributed by atoms with van der Waals surface area (Å²) < 4.78 is 13.8. The first kappa shape index (κ1) is 13.8. The van der Waals surface area contributed by atoms with Crippen LogP contribution in [0.15, 0.2) is 18.2 Å². The van der Waals surface area contributed by atoms with Crippen molar-refractivity contribution < 1.29 is 9.18 Å². The van der Waals surface area contributed by atoms with E-state index in [1.54, 1.807) is 12.1 Å². The molecule has 1 aromatic carbocycles. The fraction of sp³-hybridized carbons (Fsp3) is 0.500. The monoisotopic (exact) mass is 265 g/mol. The zero-order valence-corrected chi connectivity index (χ0v) is 10.9. The molecule has 4 N–H and O–H groups in total. The maximum atomic E-state index is 13.8. The number of primary amides is 1. The Kier molecular flexibility index (Phi) is 4.37. The number of amides is 1. The predicted molar refractivity (Wildman–Crippen MR) is 73.6 cm³/mol. The average Bonchev–Trinajstić information content (AvgIpc) is 2.39. The highest BCUT2D eigenvalue weighted by Gasteiger charge is 2.26.